The summed E-state index contributed by atoms with van der Waals surface area (Å²) in [5, 5.41) is 24.6. The molecular formula is C62H88F2N10O8. The molecule has 2 aromatic rings. The van der Waals surface area contributed by atoms with Crippen LogP contribution in [0.2, 0.25) is 0 Å². The first-order chi connectivity index (χ1) is 39.5. The fourth-order valence-electron chi connectivity index (χ4n) is 14.4. The van der Waals surface area contributed by atoms with Crippen LogP contribution in [0, 0.1) is 35.3 Å². The molecule has 18 nitrogen and oxygen atoms in total. The molecule has 10 atom stereocenters. The third-order valence-corrected chi connectivity index (χ3v) is 19.4. The van der Waals surface area contributed by atoms with E-state index in [-0.39, 0.29) is 73.2 Å². The van der Waals surface area contributed by atoms with Crippen LogP contribution in [0.3, 0.4) is 0 Å². The van der Waals surface area contributed by atoms with Crippen LogP contribution in [0.15, 0.2) is 36.4 Å². The second kappa shape index (κ2) is 27.6. The van der Waals surface area contributed by atoms with Crippen molar-refractivity contribution in [1.29, 1.82) is 0 Å². The summed E-state index contributed by atoms with van der Waals surface area (Å²) < 4.78 is 29.2. The zero-order chi connectivity index (χ0) is 58.2. The van der Waals surface area contributed by atoms with E-state index in [0.717, 1.165) is 101 Å². The molecule has 0 unspecified atom stereocenters. The SMILES string of the molecule is CN[C@@H](C)C(=O)N[C@H](C(=O)N1C[C@@H](NC(=O)C2CCC(C(=O)N[C@H]3C[C@@H](C(=O)N[C@@H]4CCCc5ccc(F)cc54)N(C(=O)[C@@H](NC(=O)[C@H](C)NC)C4CCCCC4)C3)CC2)C[C@H]1C(=O)N[C@@H]1CCCc2ccc(F)cc21)C1CCCCC1. The Morgan fingerprint density at radius 1 is 0.476 bits per heavy atom. The van der Waals surface area contributed by atoms with Crippen molar-refractivity contribution in [1.82, 2.24) is 52.3 Å². The average molecular weight is 1140 g/mol. The number of amides is 8. The highest BCUT2D eigenvalue weighted by atomic mass is 19.1. The first-order valence-corrected chi connectivity index (χ1v) is 30.8. The van der Waals surface area contributed by atoms with Gasteiger partial charge >= 0.3 is 0 Å². The lowest BCUT2D eigenvalue weighted by molar-refractivity contribution is -0.143. The number of hydrogen-bond acceptors (Lipinski definition) is 10. The van der Waals surface area contributed by atoms with Crippen molar-refractivity contribution in [3.63, 3.8) is 0 Å². The molecule has 0 radical (unpaired) electrons. The smallest absolute Gasteiger partial charge is 0.246 e. The van der Waals surface area contributed by atoms with Gasteiger partial charge in [0, 0.05) is 37.0 Å². The molecule has 7 aliphatic rings. The number of halogens is 2. The van der Waals surface area contributed by atoms with E-state index >= 15 is 0 Å². The Kier molecular flexibility index (Phi) is 20.4. The Balaban J connectivity index is 0.862. The van der Waals surface area contributed by atoms with Gasteiger partial charge < -0.3 is 52.3 Å². The van der Waals surface area contributed by atoms with Crippen molar-refractivity contribution >= 4 is 47.3 Å². The highest BCUT2D eigenvalue weighted by Gasteiger charge is 2.48. The number of carbonyl (C=O) groups excluding carboxylic acids is 8. The largest absolute Gasteiger partial charge is 0.351 e. The lowest BCUT2D eigenvalue weighted by Gasteiger charge is -2.35. The third-order valence-electron chi connectivity index (χ3n) is 19.4. The molecule has 8 amide bonds. The summed E-state index contributed by atoms with van der Waals surface area (Å²) in [6.07, 6.45) is 14.9. The maximum Gasteiger partial charge on any atom is 0.246 e. The zero-order valence-corrected chi connectivity index (χ0v) is 48.4. The van der Waals surface area contributed by atoms with Crippen LogP contribution < -0.4 is 42.5 Å². The van der Waals surface area contributed by atoms with Crippen LogP contribution in [-0.2, 0) is 51.2 Å². The lowest BCUT2D eigenvalue weighted by atomic mass is 9.81. The van der Waals surface area contributed by atoms with Gasteiger partial charge in [-0.05, 0) is 189 Å². The van der Waals surface area contributed by atoms with Gasteiger partial charge in [-0.2, -0.15) is 0 Å². The molecule has 20 heteroatoms. The van der Waals surface area contributed by atoms with Crippen molar-refractivity contribution in [2.24, 2.45) is 23.7 Å². The molecule has 0 bridgehead atoms. The Morgan fingerprint density at radius 2 is 0.854 bits per heavy atom. The number of hydrogen-bond donors (Lipinski definition) is 8. The fourth-order valence-corrected chi connectivity index (χ4v) is 14.4. The van der Waals surface area contributed by atoms with Crippen LogP contribution in [0.4, 0.5) is 8.78 Å². The van der Waals surface area contributed by atoms with Gasteiger partial charge in [-0.1, -0.05) is 50.7 Å². The van der Waals surface area contributed by atoms with Gasteiger partial charge in [0.05, 0.1) is 24.2 Å². The minimum absolute atomic E-state index is 0.0479. The Labute approximate surface area is 481 Å². The van der Waals surface area contributed by atoms with Gasteiger partial charge in [0.25, 0.3) is 0 Å². The van der Waals surface area contributed by atoms with E-state index in [1.54, 1.807) is 40.1 Å². The van der Waals surface area contributed by atoms with E-state index in [2.05, 4.69) is 42.5 Å². The summed E-state index contributed by atoms with van der Waals surface area (Å²) in [6.45, 7) is 3.54. The van der Waals surface area contributed by atoms with Crippen LogP contribution in [-0.4, -0.2) is 133 Å². The highest BCUT2D eigenvalue weighted by molar-refractivity contribution is 5.95. The number of likely N-dealkylation sites (tertiary alicyclic amines) is 2. The van der Waals surface area contributed by atoms with Gasteiger partial charge in [-0.3, -0.25) is 38.4 Å². The van der Waals surface area contributed by atoms with Crippen LogP contribution in [0.25, 0.3) is 0 Å². The number of rotatable bonds is 18. The van der Waals surface area contributed by atoms with E-state index in [1.165, 1.54) is 34.1 Å². The number of nitrogens with one attached hydrogen (secondary N) is 8. The maximum absolute atomic E-state index is 14.9. The molecule has 2 aromatic carbocycles. The van der Waals surface area contributed by atoms with Crippen LogP contribution in [0.1, 0.15) is 177 Å². The number of likely N-dealkylation sites (N-methyl/N-ethyl adjacent to an activating group) is 2. The molecule has 2 aliphatic heterocycles. The van der Waals surface area contributed by atoms with E-state index in [0.29, 0.717) is 49.7 Å². The molecule has 82 heavy (non-hydrogen) atoms. The van der Waals surface area contributed by atoms with Gasteiger partial charge in [-0.25, -0.2) is 8.78 Å². The van der Waals surface area contributed by atoms with E-state index in [9.17, 15) is 47.1 Å². The molecule has 9 rings (SSSR count). The van der Waals surface area contributed by atoms with Crippen molar-refractivity contribution in [3.8, 4) is 0 Å². The first kappa shape index (κ1) is 60.6. The predicted molar refractivity (Wildman–Crippen MR) is 304 cm³/mol. The number of benzene rings is 2. The van der Waals surface area contributed by atoms with E-state index in [1.807, 2.05) is 0 Å². The van der Waals surface area contributed by atoms with Crippen molar-refractivity contribution in [3.05, 3.63) is 70.3 Å². The molecule has 5 fully saturated rings. The summed E-state index contributed by atoms with van der Waals surface area (Å²) in [6, 6.07) is 2.34. The summed E-state index contributed by atoms with van der Waals surface area (Å²) >= 11 is 0. The molecule has 2 saturated heterocycles. The number of fused-ring (bicyclic) bond motifs is 2. The van der Waals surface area contributed by atoms with Gasteiger partial charge in [0.2, 0.25) is 47.3 Å². The minimum atomic E-state index is -0.971. The topological polar surface area (TPSA) is 239 Å². The van der Waals surface area contributed by atoms with Crippen molar-refractivity contribution in [2.75, 3.05) is 27.2 Å². The normalized spacial score (nSPS) is 27.3. The molecule has 2 heterocycles. The zero-order valence-electron chi connectivity index (χ0n) is 48.4. The quantitative estimate of drug-likeness (QED) is 0.0997. The molecule has 448 valence electrons. The number of nitrogens with zero attached hydrogens (tertiary/aromatic N) is 2. The highest BCUT2D eigenvalue weighted by Crippen LogP contribution is 2.37. The van der Waals surface area contributed by atoms with Gasteiger partial charge in [0.1, 0.15) is 35.8 Å². The van der Waals surface area contributed by atoms with Crippen molar-refractivity contribution in [2.45, 2.75) is 216 Å². The average Bonchev–Trinajstić information content (AvgIpc) is 4.31. The first-order valence-electron chi connectivity index (χ1n) is 30.8. The van der Waals surface area contributed by atoms with E-state index in [4.69, 9.17) is 0 Å². The number of aryl methyl sites for hydroxylation is 2. The monoisotopic (exact) mass is 1140 g/mol. The molecular weight excluding hydrogens is 1050 g/mol. The molecule has 8 N–H and O–H groups in total. The van der Waals surface area contributed by atoms with Gasteiger partial charge in [-0.15, -0.1) is 0 Å². The summed E-state index contributed by atoms with van der Waals surface area (Å²) in [7, 11) is 3.35. The number of carbonyl (C=O) groups is 8. The fraction of sp³-hybridized carbons (Fsp3) is 0.677. The standard InChI is InChI=1S/C62H88F2N10O8/c1-35(65-3)55(75)71-53(39-13-7-5-8-14-39)61(81)73-33-45(31-51(73)59(79)69-49-19-11-17-37-25-27-43(63)29-47(37)49)67-57(77)41-21-23-42(24-22-41)58(78)68-46-32-52(60(80)70-50-20-12-18-38-26-28-44(64)30-48(38)50)74(34-46)62(82)54(40-15-9-6-10-16-40)72-56(76)36(2)66-4/h25-30,35-36,39-42,45-46,49-54,65-66H,5-24,31-34H2,1-4H3,(H,67,77)(H,68,78)(H,69,79)(H,70,80)(H,71,75)(H,72,76)/t35-,36-,41?,42?,45-,46-,49+,50+,51-,52-,53-,54-/m0/s1. The van der Waals surface area contributed by atoms with Crippen molar-refractivity contribution < 1.29 is 47.1 Å². The van der Waals surface area contributed by atoms with Crippen LogP contribution >= 0.6 is 0 Å². The van der Waals surface area contributed by atoms with Crippen LogP contribution in [0.5, 0.6) is 0 Å². The summed E-state index contributed by atoms with van der Waals surface area (Å²) in [5.74, 6) is -4.63. The minimum Gasteiger partial charge on any atom is -0.351 e. The predicted octanol–water partition coefficient (Wildman–Crippen LogP) is 4.98. The van der Waals surface area contributed by atoms with E-state index < -0.39 is 95.7 Å². The second-order valence-corrected chi connectivity index (χ2v) is 24.8. The molecule has 3 saturated carbocycles. The lowest BCUT2D eigenvalue weighted by Crippen LogP contribution is -2.58. The van der Waals surface area contributed by atoms with Gasteiger partial charge in [0.15, 0.2) is 0 Å². The second-order valence-electron chi connectivity index (χ2n) is 24.8. The summed E-state index contributed by atoms with van der Waals surface area (Å²) in [5.41, 5.74) is 3.35. The molecule has 5 aliphatic carbocycles. The Hall–Kier alpha value is -6.02. The summed E-state index contributed by atoms with van der Waals surface area (Å²) in [4.78, 5) is 117. The Morgan fingerprint density at radius 3 is 1.22 bits per heavy atom. The third kappa shape index (κ3) is 14.3. The molecule has 0 aromatic heterocycles. The molecule has 0 spiro atoms. The Bertz CT molecular complexity index is 2480. The maximum atomic E-state index is 14.9.